The Morgan fingerprint density at radius 1 is 0.483 bits per heavy atom. The van der Waals surface area contributed by atoms with Gasteiger partial charge in [0.05, 0.1) is 0 Å². The van der Waals surface area contributed by atoms with E-state index in [-0.39, 0.29) is 5.41 Å². The first kappa shape index (κ1) is 17.8. The quantitative estimate of drug-likeness (QED) is 0.763. The third-order valence-corrected chi connectivity index (χ3v) is 6.62. The van der Waals surface area contributed by atoms with Crippen molar-refractivity contribution in [2.75, 3.05) is 0 Å². The molecule has 2 saturated carbocycles. The summed E-state index contributed by atoms with van der Waals surface area (Å²) in [5.41, 5.74) is -0.0750. The lowest BCUT2D eigenvalue weighted by molar-refractivity contribution is 0.443. The Kier molecular flexibility index (Phi) is 3.95. The first-order valence-electron chi connectivity index (χ1n) is 10.3. The van der Waals surface area contributed by atoms with E-state index in [4.69, 9.17) is 0 Å². The van der Waals surface area contributed by atoms with Gasteiger partial charge in [0.1, 0.15) is 0 Å². The molecule has 0 N–H and O–H groups in total. The molecule has 0 heterocycles. The zero-order valence-corrected chi connectivity index (χ0v) is 16.7. The van der Waals surface area contributed by atoms with Crippen LogP contribution in [0.4, 0.5) is 0 Å². The number of fused-ring (bicyclic) bond motifs is 4. The zero-order chi connectivity index (χ0) is 19.6. The average molecular weight is 370 g/mol. The molecule has 2 aromatic rings. The van der Waals surface area contributed by atoms with Crippen LogP contribution in [0.25, 0.3) is 24.3 Å². The van der Waals surface area contributed by atoms with Crippen molar-refractivity contribution >= 4 is 24.3 Å². The Bertz CT molecular complexity index is 1090. The summed E-state index contributed by atoms with van der Waals surface area (Å²) >= 11 is 0. The van der Waals surface area contributed by atoms with Crippen LogP contribution in [0.5, 0.6) is 0 Å². The lowest BCUT2D eigenvalue weighted by Gasteiger charge is -2.42. The van der Waals surface area contributed by atoms with Crippen LogP contribution in [-0.4, -0.2) is 0 Å². The molecule has 0 spiro atoms. The lowest BCUT2D eigenvalue weighted by atomic mass is 9.61. The van der Waals surface area contributed by atoms with Crippen molar-refractivity contribution in [1.82, 2.24) is 0 Å². The minimum atomic E-state index is -0.0750. The van der Waals surface area contributed by atoms with Crippen molar-refractivity contribution in [1.29, 1.82) is 0 Å². The van der Waals surface area contributed by atoms with E-state index < -0.39 is 0 Å². The Morgan fingerprint density at radius 3 is 1.28 bits per heavy atom. The van der Waals surface area contributed by atoms with Gasteiger partial charge in [-0.25, -0.2) is 0 Å². The van der Waals surface area contributed by atoms with Crippen LogP contribution in [-0.2, 0) is 0 Å². The lowest BCUT2D eigenvalue weighted by Crippen LogP contribution is -2.38. The van der Waals surface area contributed by atoms with E-state index in [0.29, 0.717) is 0 Å². The predicted molar refractivity (Wildman–Crippen MR) is 120 cm³/mol. The third kappa shape index (κ3) is 2.71. The molecular formula is C29H22. The molecule has 0 aromatic heterocycles. The maximum Gasteiger partial charge on any atom is 0.0170 e. The molecular weight excluding hydrogens is 348 g/mol. The van der Waals surface area contributed by atoms with Crippen LogP contribution in [0.15, 0.2) is 48.5 Å². The van der Waals surface area contributed by atoms with Gasteiger partial charge in [-0.1, -0.05) is 86.7 Å². The normalized spacial score (nSPS) is 23.2. The molecule has 0 saturated heterocycles. The molecule has 0 aliphatic heterocycles. The minimum Gasteiger partial charge on any atom is -0.0683 e. The highest BCUT2D eigenvalue weighted by atomic mass is 14.5. The highest BCUT2D eigenvalue weighted by Crippen LogP contribution is 2.61. The van der Waals surface area contributed by atoms with Crippen LogP contribution in [0.2, 0.25) is 0 Å². The molecule has 0 bridgehead atoms. The average Bonchev–Trinajstić information content (AvgIpc) is 3.34. The number of benzene rings is 2. The SMILES string of the molecule is CC(C)([C]1[CH][CH][C]2C=c3ccccc3=C[C]21)[C]1[CH][CH][C]2C=c3ccccc3=C[C]21. The summed E-state index contributed by atoms with van der Waals surface area (Å²) in [4.78, 5) is 0. The standard InChI is InChI=1S/C29H22/c1-29(2,27-13-11-23-15-19-7-3-5-9-21(19)17-25(23)27)28-14-12-24-16-20-8-4-6-10-22(20)18-26(24)28/h3-18H,1-2H3. The maximum absolute atomic E-state index is 2.36. The fourth-order valence-electron chi connectivity index (χ4n) is 5.02. The zero-order valence-electron chi connectivity index (χ0n) is 16.7. The molecule has 4 aliphatic carbocycles. The molecule has 29 heavy (non-hydrogen) atoms. The third-order valence-electron chi connectivity index (χ3n) is 6.62. The fraction of sp³-hybridized carbons (Fsp3) is 0.103. The van der Waals surface area contributed by atoms with E-state index in [1.807, 2.05) is 0 Å². The van der Waals surface area contributed by atoms with Gasteiger partial charge in [-0.15, -0.1) is 0 Å². The molecule has 6 rings (SSSR count). The summed E-state index contributed by atoms with van der Waals surface area (Å²) in [6.45, 7) is 4.72. The first-order chi connectivity index (χ1) is 14.1. The first-order valence-corrected chi connectivity index (χ1v) is 10.3. The summed E-state index contributed by atoms with van der Waals surface area (Å²) in [7, 11) is 0. The van der Waals surface area contributed by atoms with Crippen molar-refractivity contribution in [3.63, 3.8) is 0 Å². The van der Waals surface area contributed by atoms with Crippen molar-refractivity contribution < 1.29 is 0 Å². The predicted octanol–water partition coefficient (Wildman–Crippen LogP) is 2.85. The highest BCUT2D eigenvalue weighted by molar-refractivity contribution is 5.83. The molecule has 4 aliphatic rings. The Hall–Kier alpha value is -2.08. The van der Waals surface area contributed by atoms with E-state index in [2.05, 4.69) is 112 Å². The van der Waals surface area contributed by atoms with Crippen LogP contribution >= 0.6 is 0 Å². The van der Waals surface area contributed by atoms with Crippen molar-refractivity contribution in [3.05, 3.63) is 131 Å². The fourth-order valence-corrected chi connectivity index (χ4v) is 5.02. The van der Waals surface area contributed by atoms with Gasteiger partial charge in [0, 0.05) is 23.7 Å². The molecule has 0 heteroatoms. The molecule has 0 nitrogen and oxygen atoms in total. The molecule has 10 radical (unpaired) electrons. The number of hydrogen-bond donors (Lipinski definition) is 0. The van der Waals surface area contributed by atoms with Gasteiger partial charge in [0.15, 0.2) is 0 Å². The molecule has 138 valence electrons. The van der Waals surface area contributed by atoms with Crippen LogP contribution in [0.3, 0.4) is 0 Å². The van der Waals surface area contributed by atoms with Crippen molar-refractivity contribution in [2.24, 2.45) is 5.41 Å². The topological polar surface area (TPSA) is 0 Å². The summed E-state index contributed by atoms with van der Waals surface area (Å²) in [5.74, 6) is 8.19. The van der Waals surface area contributed by atoms with Gasteiger partial charge in [-0.3, -0.25) is 0 Å². The minimum absolute atomic E-state index is 0.0750. The summed E-state index contributed by atoms with van der Waals surface area (Å²) in [5, 5.41) is 5.23. The van der Waals surface area contributed by atoms with Crippen molar-refractivity contribution in [2.45, 2.75) is 13.8 Å². The Morgan fingerprint density at radius 2 is 0.862 bits per heavy atom. The van der Waals surface area contributed by atoms with Crippen LogP contribution in [0.1, 0.15) is 13.8 Å². The van der Waals surface area contributed by atoms with Gasteiger partial charge in [-0.05, 0) is 63.8 Å². The van der Waals surface area contributed by atoms with Gasteiger partial charge in [-0.2, -0.15) is 0 Å². The Balaban J connectivity index is 1.36. The van der Waals surface area contributed by atoms with Crippen LogP contribution < -0.4 is 20.9 Å². The van der Waals surface area contributed by atoms with Gasteiger partial charge < -0.3 is 0 Å². The summed E-state index contributed by atoms with van der Waals surface area (Å²) in [6, 6.07) is 17.3. The van der Waals surface area contributed by atoms with E-state index in [1.165, 1.54) is 56.4 Å². The number of hydrogen-bond acceptors (Lipinski definition) is 0. The summed E-state index contributed by atoms with van der Waals surface area (Å²) < 4.78 is 0. The molecule has 0 atom stereocenters. The largest absolute Gasteiger partial charge is 0.0683 e. The van der Waals surface area contributed by atoms with Gasteiger partial charge in [0.25, 0.3) is 0 Å². The highest BCUT2D eigenvalue weighted by Gasteiger charge is 2.52. The summed E-state index contributed by atoms with van der Waals surface area (Å²) in [6.07, 6.45) is 18.6. The van der Waals surface area contributed by atoms with Gasteiger partial charge >= 0.3 is 0 Å². The molecule has 0 amide bonds. The van der Waals surface area contributed by atoms with Crippen LogP contribution in [0, 0.1) is 66.6 Å². The van der Waals surface area contributed by atoms with E-state index in [0.717, 1.165) is 0 Å². The number of rotatable bonds is 2. The van der Waals surface area contributed by atoms with Gasteiger partial charge in [0.2, 0.25) is 0 Å². The van der Waals surface area contributed by atoms with E-state index in [1.54, 1.807) is 0 Å². The second kappa shape index (κ2) is 6.46. The van der Waals surface area contributed by atoms with E-state index >= 15 is 0 Å². The second-order valence-corrected chi connectivity index (χ2v) is 8.69. The maximum atomic E-state index is 2.36. The monoisotopic (exact) mass is 370 g/mol. The molecule has 0 unspecified atom stereocenters. The second-order valence-electron chi connectivity index (χ2n) is 8.69. The van der Waals surface area contributed by atoms with E-state index in [9.17, 15) is 0 Å². The smallest absolute Gasteiger partial charge is 0.0170 e. The van der Waals surface area contributed by atoms with Crippen molar-refractivity contribution in [3.8, 4) is 0 Å². The molecule has 2 fully saturated rings. The molecule has 2 aromatic carbocycles. The Labute approximate surface area is 174 Å².